The van der Waals surface area contributed by atoms with Crippen molar-refractivity contribution in [2.75, 3.05) is 6.54 Å². The molecule has 1 heterocycles. The van der Waals surface area contributed by atoms with E-state index in [1.54, 1.807) is 17.0 Å². The SMILES string of the molecule is O=C(NCc1ccc(F)cc1)C1CN(C2CCCC2)C(=O)N1. The van der Waals surface area contributed by atoms with Crippen LogP contribution in [0.3, 0.4) is 0 Å². The zero-order valence-corrected chi connectivity index (χ0v) is 12.3. The third kappa shape index (κ3) is 3.21. The topological polar surface area (TPSA) is 61.4 Å². The number of benzene rings is 1. The van der Waals surface area contributed by atoms with Gasteiger partial charge in [0.05, 0.1) is 6.54 Å². The Kier molecular flexibility index (Phi) is 4.27. The molecule has 1 aliphatic carbocycles. The average molecular weight is 305 g/mol. The van der Waals surface area contributed by atoms with Crippen molar-refractivity contribution in [1.29, 1.82) is 0 Å². The van der Waals surface area contributed by atoms with Crippen LogP contribution in [0.15, 0.2) is 24.3 Å². The van der Waals surface area contributed by atoms with Crippen molar-refractivity contribution in [2.45, 2.75) is 44.3 Å². The van der Waals surface area contributed by atoms with Crippen molar-refractivity contribution in [2.24, 2.45) is 0 Å². The minimum atomic E-state index is -0.506. The van der Waals surface area contributed by atoms with Crippen LogP contribution in [-0.4, -0.2) is 35.5 Å². The minimum absolute atomic E-state index is 0.145. The lowest BCUT2D eigenvalue weighted by atomic mass is 10.2. The number of hydrogen-bond donors (Lipinski definition) is 2. The highest BCUT2D eigenvalue weighted by atomic mass is 19.1. The number of nitrogens with one attached hydrogen (secondary N) is 2. The first-order valence-corrected chi connectivity index (χ1v) is 7.73. The highest BCUT2D eigenvalue weighted by Crippen LogP contribution is 2.25. The van der Waals surface area contributed by atoms with Gasteiger partial charge in [0.15, 0.2) is 0 Å². The first kappa shape index (κ1) is 14.8. The van der Waals surface area contributed by atoms with Gasteiger partial charge in [-0.2, -0.15) is 0 Å². The summed E-state index contributed by atoms with van der Waals surface area (Å²) in [5, 5.41) is 5.53. The summed E-state index contributed by atoms with van der Waals surface area (Å²) in [5.41, 5.74) is 0.826. The van der Waals surface area contributed by atoms with Crippen molar-refractivity contribution in [1.82, 2.24) is 15.5 Å². The third-order valence-corrected chi connectivity index (χ3v) is 4.40. The molecule has 3 rings (SSSR count). The summed E-state index contributed by atoms with van der Waals surface area (Å²) in [4.78, 5) is 25.9. The second-order valence-corrected chi connectivity index (χ2v) is 5.94. The Labute approximate surface area is 128 Å². The summed E-state index contributed by atoms with van der Waals surface area (Å²) in [6.07, 6.45) is 4.35. The van der Waals surface area contributed by atoms with Crippen LogP contribution in [0.4, 0.5) is 9.18 Å². The maximum absolute atomic E-state index is 12.8. The van der Waals surface area contributed by atoms with Crippen LogP contribution in [-0.2, 0) is 11.3 Å². The molecule has 1 atom stereocenters. The Morgan fingerprint density at radius 2 is 1.95 bits per heavy atom. The van der Waals surface area contributed by atoms with E-state index in [0.29, 0.717) is 13.1 Å². The number of hydrogen-bond acceptors (Lipinski definition) is 2. The number of urea groups is 1. The van der Waals surface area contributed by atoms with Crippen molar-refractivity contribution in [3.05, 3.63) is 35.6 Å². The van der Waals surface area contributed by atoms with Crippen molar-refractivity contribution in [3.8, 4) is 0 Å². The van der Waals surface area contributed by atoms with Crippen molar-refractivity contribution in [3.63, 3.8) is 0 Å². The number of rotatable bonds is 4. The van der Waals surface area contributed by atoms with Crippen LogP contribution >= 0.6 is 0 Å². The van der Waals surface area contributed by atoms with Crippen LogP contribution in [0.1, 0.15) is 31.2 Å². The van der Waals surface area contributed by atoms with Gasteiger partial charge >= 0.3 is 6.03 Å². The lowest BCUT2D eigenvalue weighted by molar-refractivity contribution is -0.122. The van der Waals surface area contributed by atoms with Gasteiger partial charge in [0.2, 0.25) is 5.91 Å². The molecule has 1 saturated heterocycles. The lowest BCUT2D eigenvalue weighted by Gasteiger charge is -2.22. The van der Waals surface area contributed by atoms with Gasteiger partial charge in [-0.3, -0.25) is 4.79 Å². The predicted octanol–water partition coefficient (Wildman–Crippen LogP) is 1.78. The summed E-state index contributed by atoms with van der Waals surface area (Å²) in [6, 6.07) is 5.61. The average Bonchev–Trinajstić information content (AvgIpc) is 3.15. The molecule has 1 unspecified atom stereocenters. The smallest absolute Gasteiger partial charge is 0.318 e. The maximum Gasteiger partial charge on any atom is 0.318 e. The third-order valence-electron chi connectivity index (χ3n) is 4.40. The molecule has 1 aromatic carbocycles. The molecule has 6 heteroatoms. The highest BCUT2D eigenvalue weighted by Gasteiger charge is 2.37. The van der Waals surface area contributed by atoms with Gasteiger partial charge in [-0.05, 0) is 30.5 Å². The number of carbonyl (C=O) groups excluding carboxylic acids is 2. The summed E-state index contributed by atoms with van der Waals surface area (Å²) < 4.78 is 12.8. The van der Waals surface area contributed by atoms with E-state index in [2.05, 4.69) is 10.6 Å². The van der Waals surface area contributed by atoms with E-state index in [4.69, 9.17) is 0 Å². The Morgan fingerprint density at radius 3 is 2.64 bits per heavy atom. The van der Waals surface area contributed by atoms with Gasteiger partial charge in [0.1, 0.15) is 11.9 Å². The Hall–Kier alpha value is -2.11. The number of amides is 3. The predicted molar refractivity (Wildman–Crippen MR) is 79.5 cm³/mol. The summed E-state index contributed by atoms with van der Waals surface area (Å²) in [5.74, 6) is -0.497. The molecule has 22 heavy (non-hydrogen) atoms. The van der Waals surface area contributed by atoms with Gasteiger partial charge in [-0.15, -0.1) is 0 Å². The molecule has 5 nitrogen and oxygen atoms in total. The Balaban J connectivity index is 1.52. The Morgan fingerprint density at radius 1 is 1.27 bits per heavy atom. The van der Waals surface area contributed by atoms with Gasteiger partial charge in [-0.25, -0.2) is 9.18 Å². The maximum atomic E-state index is 12.8. The molecule has 2 fully saturated rings. The zero-order chi connectivity index (χ0) is 15.5. The molecule has 0 bridgehead atoms. The molecular formula is C16H20FN3O2. The fourth-order valence-electron chi connectivity index (χ4n) is 3.15. The summed E-state index contributed by atoms with van der Waals surface area (Å²) in [6.45, 7) is 0.758. The second kappa shape index (κ2) is 6.34. The first-order chi connectivity index (χ1) is 10.6. The fraction of sp³-hybridized carbons (Fsp3) is 0.500. The van der Waals surface area contributed by atoms with E-state index < -0.39 is 6.04 Å². The molecule has 3 amide bonds. The molecule has 0 spiro atoms. The zero-order valence-electron chi connectivity index (χ0n) is 12.3. The normalized spacial score (nSPS) is 22.0. The molecule has 1 saturated carbocycles. The summed E-state index contributed by atoms with van der Waals surface area (Å²) in [7, 11) is 0. The van der Waals surface area contributed by atoms with E-state index in [1.165, 1.54) is 12.1 Å². The van der Waals surface area contributed by atoms with Gasteiger partial charge < -0.3 is 15.5 Å². The standard InChI is InChI=1S/C16H20FN3O2/c17-12-7-5-11(6-8-12)9-18-15(21)14-10-20(16(22)19-14)13-3-1-2-4-13/h5-8,13-14H,1-4,9-10H2,(H,18,21)(H,19,22). The molecule has 118 valence electrons. The van der Waals surface area contributed by atoms with Crippen LogP contribution in [0.2, 0.25) is 0 Å². The van der Waals surface area contributed by atoms with Crippen LogP contribution in [0.25, 0.3) is 0 Å². The quantitative estimate of drug-likeness (QED) is 0.891. The van der Waals surface area contributed by atoms with E-state index in [9.17, 15) is 14.0 Å². The van der Waals surface area contributed by atoms with E-state index in [-0.39, 0.29) is 23.8 Å². The molecule has 1 aliphatic heterocycles. The highest BCUT2D eigenvalue weighted by molar-refractivity contribution is 5.90. The van der Waals surface area contributed by atoms with Crippen LogP contribution in [0.5, 0.6) is 0 Å². The first-order valence-electron chi connectivity index (χ1n) is 7.73. The van der Waals surface area contributed by atoms with E-state index in [1.807, 2.05) is 0 Å². The van der Waals surface area contributed by atoms with Crippen LogP contribution in [0, 0.1) is 5.82 Å². The number of carbonyl (C=O) groups is 2. The minimum Gasteiger partial charge on any atom is -0.350 e. The van der Waals surface area contributed by atoms with Crippen molar-refractivity contribution >= 4 is 11.9 Å². The van der Waals surface area contributed by atoms with Crippen LogP contribution < -0.4 is 10.6 Å². The Bertz CT molecular complexity index is 555. The van der Waals surface area contributed by atoms with Gasteiger partial charge in [0.25, 0.3) is 0 Å². The van der Waals surface area contributed by atoms with Gasteiger partial charge in [0, 0.05) is 12.6 Å². The van der Waals surface area contributed by atoms with E-state index in [0.717, 1.165) is 31.2 Å². The lowest BCUT2D eigenvalue weighted by Crippen LogP contribution is -2.42. The van der Waals surface area contributed by atoms with Gasteiger partial charge in [-0.1, -0.05) is 25.0 Å². The fourth-order valence-corrected chi connectivity index (χ4v) is 3.15. The monoisotopic (exact) mass is 305 g/mol. The molecule has 1 aromatic rings. The molecule has 0 radical (unpaired) electrons. The van der Waals surface area contributed by atoms with Crippen molar-refractivity contribution < 1.29 is 14.0 Å². The van der Waals surface area contributed by atoms with E-state index >= 15 is 0 Å². The molecule has 0 aromatic heterocycles. The summed E-state index contributed by atoms with van der Waals surface area (Å²) >= 11 is 0. The largest absolute Gasteiger partial charge is 0.350 e. The number of halogens is 1. The second-order valence-electron chi connectivity index (χ2n) is 5.94. The molecule has 2 aliphatic rings. The number of nitrogens with zero attached hydrogens (tertiary/aromatic N) is 1. The molecule has 2 N–H and O–H groups in total. The molecular weight excluding hydrogens is 285 g/mol.